The maximum absolute atomic E-state index is 12.0. The molecule has 1 aromatic carbocycles. The van der Waals surface area contributed by atoms with Crippen LogP contribution in [0.1, 0.15) is 38.1 Å². The summed E-state index contributed by atoms with van der Waals surface area (Å²) >= 11 is 2.04. The first-order valence-electron chi connectivity index (χ1n) is 6.12. The average Bonchev–Trinajstić information content (AvgIpc) is 2.29. The molecule has 0 aliphatic carbocycles. The van der Waals surface area contributed by atoms with Crippen LogP contribution in [0.3, 0.4) is 0 Å². The summed E-state index contributed by atoms with van der Waals surface area (Å²) in [5.41, 5.74) is -0.479. The summed E-state index contributed by atoms with van der Waals surface area (Å²) in [7, 11) is 0. The Hall–Kier alpha value is -1.31. The molecule has 0 spiro atoms. The summed E-state index contributed by atoms with van der Waals surface area (Å²) in [6, 6.07) is 3.88. The molecule has 110 valence electrons. The molecule has 6 heteroatoms. The minimum Gasteiger partial charge on any atom is -0.507 e. The van der Waals surface area contributed by atoms with E-state index >= 15 is 0 Å². The van der Waals surface area contributed by atoms with Crippen molar-refractivity contribution in [2.24, 2.45) is 0 Å². The molecular weight excluding hydrogens is 373 g/mol. The molecule has 1 atom stereocenters. The van der Waals surface area contributed by atoms with Gasteiger partial charge in [-0.05, 0) is 68.5 Å². The number of carbonyl (C=O) groups excluding carboxylic acids is 2. The number of aromatic hydroxyl groups is 1. The number of rotatable bonds is 3. The smallest absolute Gasteiger partial charge is 0.328 e. The Morgan fingerprint density at radius 2 is 1.95 bits per heavy atom. The van der Waals surface area contributed by atoms with E-state index in [9.17, 15) is 14.7 Å². The zero-order valence-corrected chi connectivity index (χ0v) is 14.0. The minimum atomic E-state index is -0.793. The fraction of sp³-hybridized carbons (Fsp3) is 0.429. The van der Waals surface area contributed by atoms with E-state index in [2.05, 4.69) is 5.32 Å². The molecule has 20 heavy (non-hydrogen) atoms. The van der Waals surface area contributed by atoms with Crippen molar-refractivity contribution in [1.82, 2.24) is 5.32 Å². The first-order chi connectivity index (χ1) is 9.10. The molecule has 1 aromatic rings. The number of hydrogen-bond acceptors (Lipinski definition) is 4. The van der Waals surface area contributed by atoms with Gasteiger partial charge in [-0.2, -0.15) is 0 Å². The molecule has 2 N–H and O–H groups in total. The molecule has 0 fully saturated rings. The van der Waals surface area contributed by atoms with Crippen molar-refractivity contribution in [3.63, 3.8) is 0 Å². The molecule has 5 nitrogen and oxygen atoms in total. The second kappa shape index (κ2) is 6.43. The number of phenols is 1. The monoisotopic (exact) mass is 391 g/mol. The molecule has 0 saturated carbocycles. The van der Waals surface area contributed by atoms with Crippen LogP contribution < -0.4 is 5.32 Å². The molecule has 1 rings (SSSR count). The van der Waals surface area contributed by atoms with Gasteiger partial charge < -0.3 is 15.2 Å². The van der Waals surface area contributed by atoms with E-state index in [1.807, 2.05) is 22.6 Å². The second-order valence-corrected chi connectivity index (χ2v) is 6.64. The van der Waals surface area contributed by atoms with Crippen molar-refractivity contribution < 1.29 is 19.4 Å². The number of ether oxygens (including phenoxy) is 1. The van der Waals surface area contributed by atoms with E-state index in [-0.39, 0.29) is 11.3 Å². The van der Waals surface area contributed by atoms with Gasteiger partial charge in [-0.25, -0.2) is 4.79 Å². The SMILES string of the molecule is C[C@@H](NC(=O)c1cc(I)ccc1O)C(=O)OC(C)(C)C. The quantitative estimate of drug-likeness (QED) is 0.613. The first kappa shape index (κ1) is 16.7. The summed E-state index contributed by atoms with van der Waals surface area (Å²) in [5, 5.41) is 12.2. The summed E-state index contributed by atoms with van der Waals surface area (Å²) in [6.45, 7) is 6.80. The molecule has 0 saturated heterocycles. The van der Waals surface area contributed by atoms with Gasteiger partial charge in [-0.1, -0.05) is 0 Å². The zero-order chi connectivity index (χ0) is 15.5. The van der Waals surface area contributed by atoms with E-state index in [0.717, 1.165) is 3.57 Å². The van der Waals surface area contributed by atoms with Crippen molar-refractivity contribution in [2.45, 2.75) is 39.3 Å². The fourth-order valence-electron chi connectivity index (χ4n) is 1.41. The summed E-state index contributed by atoms with van der Waals surface area (Å²) in [5.74, 6) is -1.16. The fourth-order valence-corrected chi connectivity index (χ4v) is 1.90. The molecule has 0 heterocycles. The molecule has 1 amide bonds. The Morgan fingerprint density at radius 3 is 2.50 bits per heavy atom. The number of hydrogen-bond donors (Lipinski definition) is 2. The largest absolute Gasteiger partial charge is 0.507 e. The van der Waals surface area contributed by atoms with Crippen LogP contribution in [0.25, 0.3) is 0 Å². The zero-order valence-electron chi connectivity index (χ0n) is 11.9. The number of carbonyl (C=O) groups is 2. The lowest BCUT2D eigenvalue weighted by Crippen LogP contribution is -2.42. The molecule has 0 radical (unpaired) electrons. The number of nitrogens with one attached hydrogen (secondary N) is 1. The Kier molecular flexibility index (Phi) is 5.38. The van der Waals surface area contributed by atoms with E-state index in [4.69, 9.17) is 4.74 Å². The highest BCUT2D eigenvalue weighted by molar-refractivity contribution is 14.1. The number of phenolic OH excluding ortho intramolecular Hbond substituents is 1. The topological polar surface area (TPSA) is 75.6 Å². The third-order valence-corrected chi connectivity index (χ3v) is 2.98. The van der Waals surface area contributed by atoms with Crippen LogP contribution in [0, 0.1) is 3.57 Å². The van der Waals surface area contributed by atoms with Crippen molar-refractivity contribution in [3.8, 4) is 5.75 Å². The Morgan fingerprint density at radius 1 is 1.35 bits per heavy atom. The van der Waals surface area contributed by atoms with Gasteiger partial charge in [-0.15, -0.1) is 0 Å². The van der Waals surface area contributed by atoms with E-state index in [0.29, 0.717) is 0 Å². The molecule has 0 aromatic heterocycles. The molecule has 0 unspecified atom stereocenters. The highest BCUT2D eigenvalue weighted by Gasteiger charge is 2.24. The summed E-state index contributed by atoms with van der Waals surface area (Å²) < 4.78 is 5.99. The minimum absolute atomic E-state index is 0.126. The summed E-state index contributed by atoms with van der Waals surface area (Å²) in [6.07, 6.45) is 0. The summed E-state index contributed by atoms with van der Waals surface area (Å²) in [4.78, 5) is 23.8. The van der Waals surface area contributed by atoms with Crippen LogP contribution in [-0.4, -0.2) is 28.6 Å². The van der Waals surface area contributed by atoms with Gasteiger partial charge in [0.1, 0.15) is 17.4 Å². The Balaban J connectivity index is 2.75. The van der Waals surface area contributed by atoms with Crippen LogP contribution in [-0.2, 0) is 9.53 Å². The van der Waals surface area contributed by atoms with Crippen molar-refractivity contribution in [3.05, 3.63) is 27.3 Å². The standard InChI is InChI=1S/C14H18INO4/c1-8(13(19)20-14(2,3)4)16-12(18)10-7-9(15)5-6-11(10)17/h5-8,17H,1-4H3,(H,16,18)/t8-/m1/s1. The first-order valence-corrected chi connectivity index (χ1v) is 7.20. The van der Waals surface area contributed by atoms with E-state index < -0.39 is 23.5 Å². The predicted molar refractivity (Wildman–Crippen MR) is 83.6 cm³/mol. The predicted octanol–water partition coefficient (Wildman–Crippen LogP) is 2.46. The number of amides is 1. The van der Waals surface area contributed by atoms with E-state index in [1.54, 1.807) is 32.9 Å². The van der Waals surface area contributed by atoms with Crippen molar-refractivity contribution in [1.29, 1.82) is 0 Å². The maximum atomic E-state index is 12.0. The lowest BCUT2D eigenvalue weighted by atomic mass is 10.1. The van der Waals surface area contributed by atoms with Gasteiger partial charge in [0.25, 0.3) is 5.91 Å². The van der Waals surface area contributed by atoms with Crippen LogP contribution in [0.4, 0.5) is 0 Å². The van der Waals surface area contributed by atoms with Gasteiger partial charge in [-0.3, -0.25) is 4.79 Å². The van der Waals surface area contributed by atoms with Crippen LogP contribution in [0.2, 0.25) is 0 Å². The van der Waals surface area contributed by atoms with Crippen molar-refractivity contribution >= 4 is 34.5 Å². The number of benzene rings is 1. The molecule has 0 aliphatic rings. The van der Waals surface area contributed by atoms with Crippen molar-refractivity contribution in [2.75, 3.05) is 0 Å². The van der Waals surface area contributed by atoms with Crippen LogP contribution >= 0.6 is 22.6 Å². The highest BCUT2D eigenvalue weighted by Crippen LogP contribution is 2.19. The third-order valence-electron chi connectivity index (χ3n) is 2.31. The Bertz CT molecular complexity index is 522. The van der Waals surface area contributed by atoms with Crippen LogP contribution in [0.5, 0.6) is 5.75 Å². The van der Waals surface area contributed by atoms with Gasteiger partial charge >= 0.3 is 5.97 Å². The van der Waals surface area contributed by atoms with Gasteiger partial charge in [0.05, 0.1) is 5.56 Å². The molecule has 0 bridgehead atoms. The van der Waals surface area contributed by atoms with Gasteiger partial charge in [0.15, 0.2) is 0 Å². The number of halogens is 1. The van der Waals surface area contributed by atoms with Crippen LogP contribution in [0.15, 0.2) is 18.2 Å². The van der Waals surface area contributed by atoms with Gasteiger partial charge in [0.2, 0.25) is 0 Å². The third kappa shape index (κ3) is 4.99. The highest BCUT2D eigenvalue weighted by atomic mass is 127. The number of esters is 1. The average molecular weight is 391 g/mol. The molecular formula is C14H18INO4. The van der Waals surface area contributed by atoms with E-state index in [1.165, 1.54) is 13.0 Å². The lowest BCUT2D eigenvalue weighted by molar-refractivity contribution is -0.156. The van der Waals surface area contributed by atoms with Gasteiger partial charge in [0, 0.05) is 3.57 Å². The normalized spacial score (nSPS) is 12.7. The maximum Gasteiger partial charge on any atom is 0.328 e. The second-order valence-electron chi connectivity index (χ2n) is 5.39. The lowest BCUT2D eigenvalue weighted by Gasteiger charge is -2.22. The molecule has 0 aliphatic heterocycles. The Labute approximate surface area is 131 Å².